The number of halogens is 2. The Labute approximate surface area is 139 Å². The van der Waals surface area contributed by atoms with Gasteiger partial charge in [0.05, 0.1) is 6.04 Å². The third-order valence-corrected chi connectivity index (χ3v) is 3.91. The molecule has 2 aromatic carbocycles. The number of nitrogens with zero attached hydrogens (tertiary/aromatic N) is 1. The molecule has 1 heterocycles. The standard InChI is InChI=1S/C17H20N2.2ClH/c1-2-17(19-12-10-18-11-13-19)16-9-5-7-14-6-3-4-8-15(14)16;;/h2-9,17-18H,1,10-13H2;2*1H/t17-;;/m1../s1. The Morgan fingerprint density at radius 2 is 1.67 bits per heavy atom. The second-order valence-electron chi connectivity index (χ2n) is 5.03. The third kappa shape index (κ3) is 3.78. The van der Waals surface area contributed by atoms with Gasteiger partial charge in [0.1, 0.15) is 0 Å². The molecule has 1 fully saturated rings. The van der Waals surface area contributed by atoms with Crippen LogP contribution in [0.1, 0.15) is 11.6 Å². The fourth-order valence-corrected chi connectivity index (χ4v) is 2.94. The summed E-state index contributed by atoms with van der Waals surface area (Å²) in [7, 11) is 0. The first-order chi connectivity index (χ1) is 9.40. The molecule has 0 amide bonds. The van der Waals surface area contributed by atoms with Crippen molar-refractivity contribution >= 4 is 35.6 Å². The van der Waals surface area contributed by atoms with Gasteiger partial charge < -0.3 is 5.32 Å². The molecule has 0 aliphatic carbocycles. The molecule has 114 valence electrons. The first-order valence-corrected chi connectivity index (χ1v) is 6.95. The largest absolute Gasteiger partial charge is 0.314 e. The van der Waals surface area contributed by atoms with E-state index in [0.717, 1.165) is 26.2 Å². The van der Waals surface area contributed by atoms with Crippen molar-refractivity contribution in [1.82, 2.24) is 10.2 Å². The molecule has 1 aliphatic heterocycles. The summed E-state index contributed by atoms with van der Waals surface area (Å²) in [5, 5.41) is 6.05. The molecule has 21 heavy (non-hydrogen) atoms. The number of hydrogen-bond donors (Lipinski definition) is 1. The van der Waals surface area contributed by atoms with Crippen LogP contribution in [0.3, 0.4) is 0 Å². The van der Waals surface area contributed by atoms with Crippen LogP contribution in [0.25, 0.3) is 10.8 Å². The van der Waals surface area contributed by atoms with Crippen molar-refractivity contribution in [3.05, 3.63) is 60.7 Å². The second kappa shape index (κ2) is 8.40. The lowest BCUT2D eigenvalue weighted by atomic mass is 9.97. The fourth-order valence-electron chi connectivity index (χ4n) is 2.94. The van der Waals surface area contributed by atoms with Crippen LogP contribution in [0.5, 0.6) is 0 Å². The molecule has 0 radical (unpaired) electrons. The SMILES string of the molecule is C=C[C@H](c1cccc2ccccc12)N1CCNCC1.Cl.Cl. The third-order valence-electron chi connectivity index (χ3n) is 3.91. The van der Waals surface area contributed by atoms with Crippen molar-refractivity contribution in [1.29, 1.82) is 0 Å². The highest BCUT2D eigenvalue weighted by molar-refractivity contribution is 5.86. The van der Waals surface area contributed by atoms with Crippen LogP contribution in [0.15, 0.2) is 55.1 Å². The lowest BCUT2D eigenvalue weighted by Crippen LogP contribution is -2.44. The maximum Gasteiger partial charge on any atom is 0.0536 e. The predicted octanol–water partition coefficient (Wildman–Crippen LogP) is 3.82. The van der Waals surface area contributed by atoms with Gasteiger partial charge in [-0.05, 0) is 16.3 Å². The molecule has 0 saturated carbocycles. The normalized spacial score (nSPS) is 16.6. The van der Waals surface area contributed by atoms with Crippen LogP contribution < -0.4 is 5.32 Å². The van der Waals surface area contributed by atoms with Crippen molar-refractivity contribution in [3.63, 3.8) is 0 Å². The topological polar surface area (TPSA) is 15.3 Å². The van der Waals surface area contributed by atoms with Gasteiger partial charge in [0.25, 0.3) is 0 Å². The van der Waals surface area contributed by atoms with Crippen molar-refractivity contribution in [3.8, 4) is 0 Å². The van der Waals surface area contributed by atoms with Gasteiger partial charge in [-0.3, -0.25) is 4.90 Å². The molecule has 1 N–H and O–H groups in total. The lowest BCUT2D eigenvalue weighted by Gasteiger charge is -2.34. The van der Waals surface area contributed by atoms with Crippen LogP contribution >= 0.6 is 24.8 Å². The Morgan fingerprint density at radius 1 is 1.00 bits per heavy atom. The van der Waals surface area contributed by atoms with Crippen LogP contribution in [0, 0.1) is 0 Å². The van der Waals surface area contributed by atoms with Gasteiger partial charge in [0.2, 0.25) is 0 Å². The first kappa shape index (κ1) is 18.0. The van der Waals surface area contributed by atoms with E-state index in [-0.39, 0.29) is 24.8 Å². The molecule has 4 heteroatoms. The van der Waals surface area contributed by atoms with E-state index in [4.69, 9.17) is 0 Å². The molecule has 3 rings (SSSR count). The molecule has 0 unspecified atom stereocenters. The van der Waals surface area contributed by atoms with E-state index in [9.17, 15) is 0 Å². The van der Waals surface area contributed by atoms with Gasteiger partial charge in [-0.2, -0.15) is 0 Å². The smallest absolute Gasteiger partial charge is 0.0536 e. The summed E-state index contributed by atoms with van der Waals surface area (Å²) in [5.74, 6) is 0. The molecule has 0 spiro atoms. The van der Waals surface area contributed by atoms with Crippen molar-refractivity contribution in [2.24, 2.45) is 0 Å². The molecule has 0 aromatic heterocycles. The van der Waals surface area contributed by atoms with E-state index in [1.165, 1.54) is 16.3 Å². The van der Waals surface area contributed by atoms with E-state index in [1.54, 1.807) is 0 Å². The summed E-state index contributed by atoms with van der Waals surface area (Å²) in [5.41, 5.74) is 1.37. The maximum atomic E-state index is 4.06. The van der Waals surface area contributed by atoms with Gasteiger partial charge in [-0.25, -0.2) is 0 Å². The summed E-state index contributed by atoms with van der Waals surface area (Å²) in [6, 6.07) is 15.5. The monoisotopic (exact) mass is 324 g/mol. The minimum absolute atomic E-state index is 0. The number of benzene rings is 2. The summed E-state index contributed by atoms with van der Waals surface area (Å²) < 4.78 is 0. The summed E-state index contributed by atoms with van der Waals surface area (Å²) in [6.45, 7) is 8.35. The predicted molar refractivity (Wildman–Crippen MR) is 95.8 cm³/mol. The second-order valence-corrected chi connectivity index (χ2v) is 5.03. The highest BCUT2D eigenvalue weighted by Crippen LogP contribution is 2.29. The lowest BCUT2D eigenvalue weighted by molar-refractivity contribution is 0.204. The molecule has 2 aromatic rings. The number of hydrogen-bond acceptors (Lipinski definition) is 2. The molecule has 1 saturated heterocycles. The molecule has 1 atom stereocenters. The summed E-state index contributed by atoms with van der Waals surface area (Å²) in [4.78, 5) is 2.51. The maximum absolute atomic E-state index is 4.06. The van der Waals surface area contributed by atoms with Gasteiger partial charge >= 0.3 is 0 Å². The summed E-state index contributed by atoms with van der Waals surface area (Å²) >= 11 is 0. The highest BCUT2D eigenvalue weighted by atomic mass is 35.5. The summed E-state index contributed by atoms with van der Waals surface area (Å²) in [6.07, 6.45) is 2.08. The van der Waals surface area contributed by atoms with E-state index in [1.807, 2.05) is 0 Å². The molecular formula is C17H22Cl2N2. The Balaban J connectivity index is 0.00000110. The fraction of sp³-hybridized carbons (Fsp3) is 0.294. The molecule has 0 bridgehead atoms. The van der Waals surface area contributed by atoms with Crippen molar-refractivity contribution < 1.29 is 0 Å². The Kier molecular flexibility index (Phi) is 7.20. The van der Waals surface area contributed by atoms with Gasteiger partial charge in [-0.1, -0.05) is 48.5 Å². The first-order valence-electron chi connectivity index (χ1n) is 6.95. The van der Waals surface area contributed by atoms with E-state index < -0.39 is 0 Å². The molecule has 1 aliphatic rings. The minimum atomic E-state index is 0. The van der Waals surface area contributed by atoms with Crippen LogP contribution in [-0.4, -0.2) is 31.1 Å². The zero-order valence-corrected chi connectivity index (χ0v) is 13.6. The molecule has 2 nitrogen and oxygen atoms in total. The number of piperazine rings is 1. The average molecular weight is 325 g/mol. The van der Waals surface area contributed by atoms with Crippen LogP contribution in [0.2, 0.25) is 0 Å². The Bertz CT molecular complexity index is 575. The van der Waals surface area contributed by atoms with Crippen LogP contribution in [-0.2, 0) is 0 Å². The molecular weight excluding hydrogens is 303 g/mol. The number of nitrogens with one attached hydrogen (secondary N) is 1. The Morgan fingerprint density at radius 3 is 2.38 bits per heavy atom. The van der Waals surface area contributed by atoms with E-state index >= 15 is 0 Å². The van der Waals surface area contributed by atoms with Gasteiger partial charge in [-0.15, -0.1) is 31.4 Å². The van der Waals surface area contributed by atoms with E-state index in [2.05, 4.69) is 65.3 Å². The van der Waals surface area contributed by atoms with Crippen molar-refractivity contribution in [2.75, 3.05) is 26.2 Å². The Hall–Kier alpha value is -1.06. The zero-order valence-electron chi connectivity index (χ0n) is 12.0. The highest BCUT2D eigenvalue weighted by Gasteiger charge is 2.20. The zero-order chi connectivity index (χ0) is 13.1. The average Bonchev–Trinajstić information content (AvgIpc) is 2.49. The van der Waals surface area contributed by atoms with Gasteiger partial charge in [0.15, 0.2) is 0 Å². The quantitative estimate of drug-likeness (QED) is 0.863. The number of rotatable bonds is 3. The van der Waals surface area contributed by atoms with Crippen molar-refractivity contribution in [2.45, 2.75) is 6.04 Å². The van der Waals surface area contributed by atoms with E-state index in [0.29, 0.717) is 6.04 Å². The minimum Gasteiger partial charge on any atom is -0.314 e. The van der Waals surface area contributed by atoms with Gasteiger partial charge in [0, 0.05) is 26.2 Å². The van der Waals surface area contributed by atoms with Crippen LogP contribution in [0.4, 0.5) is 0 Å². The number of fused-ring (bicyclic) bond motifs is 1.